The molecule has 7 heteroatoms. The summed E-state index contributed by atoms with van der Waals surface area (Å²) in [6, 6.07) is 4.52. The standard InChI is InChI=1S/C8H7ClO5S/c9-5-8(10)14-6-1-3-7(4-2-6)15(11,12)13/h1-4H,5H2,(H,11,12,13)/p-1. The van der Waals surface area contributed by atoms with Crippen LogP contribution in [-0.4, -0.2) is 24.8 Å². The molecule has 0 bridgehead atoms. The summed E-state index contributed by atoms with van der Waals surface area (Å²) in [5, 5.41) is 0. The topological polar surface area (TPSA) is 83.5 Å². The Hall–Kier alpha value is -1.11. The Morgan fingerprint density at radius 3 is 2.27 bits per heavy atom. The average molecular weight is 250 g/mol. The normalized spacial score (nSPS) is 11.1. The maximum absolute atomic E-state index is 10.7. The van der Waals surface area contributed by atoms with Crippen molar-refractivity contribution in [1.82, 2.24) is 0 Å². The molecule has 15 heavy (non-hydrogen) atoms. The fraction of sp³-hybridized carbons (Fsp3) is 0.125. The van der Waals surface area contributed by atoms with E-state index in [0.717, 1.165) is 12.1 Å². The molecular weight excluding hydrogens is 244 g/mol. The summed E-state index contributed by atoms with van der Waals surface area (Å²) >= 11 is 5.19. The van der Waals surface area contributed by atoms with Gasteiger partial charge < -0.3 is 9.29 Å². The number of benzene rings is 1. The first-order valence-electron chi connectivity index (χ1n) is 3.76. The Bertz CT molecular complexity index is 450. The minimum atomic E-state index is -4.47. The minimum absolute atomic E-state index is 0.132. The third-order valence-electron chi connectivity index (χ3n) is 1.45. The lowest BCUT2D eigenvalue weighted by Gasteiger charge is -2.07. The molecule has 0 fully saturated rings. The van der Waals surface area contributed by atoms with Crippen molar-refractivity contribution in [1.29, 1.82) is 0 Å². The summed E-state index contributed by atoms with van der Waals surface area (Å²) in [4.78, 5) is 10.3. The molecule has 0 saturated carbocycles. The molecule has 0 saturated heterocycles. The van der Waals surface area contributed by atoms with Gasteiger partial charge in [0, 0.05) is 0 Å². The molecule has 0 N–H and O–H groups in total. The molecule has 0 amide bonds. The Balaban J connectivity index is 2.86. The molecule has 0 aromatic heterocycles. The zero-order valence-corrected chi connectivity index (χ0v) is 8.92. The number of esters is 1. The molecule has 1 aromatic rings. The predicted octanol–water partition coefficient (Wildman–Crippen LogP) is 0.735. The quantitative estimate of drug-likeness (QED) is 0.341. The van der Waals surface area contributed by atoms with E-state index in [-0.39, 0.29) is 16.5 Å². The van der Waals surface area contributed by atoms with Crippen molar-refractivity contribution in [2.75, 3.05) is 5.88 Å². The van der Waals surface area contributed by atoms with Crippen LogP contribution < -0.4 is 4.74 Å². The van der Waals surface area contributed by atoms with Crippen molar-refractivity contribution in [3.05, 3.63) is 24.3 Å². The van der Waals surface area contributed by atoms with Crippen molar-refractivity contribution < 1.29 is 22.5 Å². The molecule has 0 heterocycles. The van der Waals surface area contributed by atoms with Crippen molar-refractivity contribution in [3.8, 4) is 5.75 Å². The number of alkyl halides is 1. The van der Waals surface area contributed by atoms with E-state index in [2.05, 4.69) is 4.74 Å². The molecule has 0 spiro atoms. The predicted molar refractivity (Wildman–Crippen MR) is 50.8 cm³/mol. The second kappa shape index (κ2) is 4.61. The van der Waals surface area contributed by atoms with Crippen LogP contribution in [0.2, 0.25) is 0 Å². The summed E-state index contributed by atoms with van der Waals surface area (Å²) in [5.41, 5.74) is 0. The van der Waals surface area contributed by atoms with Gasteiger partial charge in [-0.05, 0) is 24.3 Å². The Kier molecular flexibility index (Phi) is 3.67. The van der Waals surface area contributed by atoms with Crippen LogP contribution in [0.4, 0.5) is 0 Å². The van der Waals surface area contributed by atoms with Gasteiger partial charge in [0.15, 0.2) is 0 Å². The van der Waals surface area contributed by atoms with Gasteiger partial charge in [-0.15, -0.1) is 11.6 Å². The third-order valence-corrected chi connectivity index (χ3v) is 2.52. The maximum atomic E-state index is 10.7. The van der Waals surface area contributed by atoms with E-state index in [1.165, 1.54) is 12.1 Å². The van der Waals surface area contributed by atoms with Crippen molar-refractivity contribution in [3.63, 3.8) is 0 Å². The molecule has 0 aliphatic heterocycles. The van der Waals surface area contributed by atoms with Crippen LogP contribution in [-0.2, 0) is 14.9 Å². The third kappa shape index (κ3) is 3.50. The van der Waals surface area contributed by atoms with Gasteiger partial charge in [-0.2, -0.15) is 0 Å². The highest BCUT2D eigenvalue weighted by Crippen LogP contribution is 2.15. The maximum Gasteiger partial charge on any atom is 0.326 e. The van der Waals surface area contributed by atoms with E-state index in [9.17, 15) is 17.8 Å². The molecule has 0 unspecified atom stereocenters. The van der Waals surface area contributed by atoms with Gasteiger partial charge in [0.05, 0.1) is 4.90 Å². The van der Waals surface area contributed by atoms with E-state index < -0.39 is 16.1 Å². The van der Waals surface area contributed by atoms with Crippen LogP contribution >= 0.6 is 11.6 Å². The molecule has 5 nitrogen and oxygen atoms in total. The zero-order chi connectivity index (χ0) is 11.5. The van der Waals surface area contributed by atoms with Crippen LogP contribution in [0.15, 0.2) is 29.2 Å². The van der Waals surface area contributed by atoms with Gasteiger partial charge in [-0.3, -0.25) is 4.79 Å². The molecule has 1 rings (SSSR count). The SMILES string of the molecule is O=C(CCl)Oc1ccc(S(=O)(=O)[O-])cc1. The summed E-state index contributed by atoms with van der Waals surface area (Å²) in [6.45, 7) is 0. The highest BCUT2D eigenvalue weighted by molar-refractivity contribution is 7.85. The lowest BCUT2D eigenvalue weighted by Crippen LogP contribution is -2.09. The fourth-order valence-electron chi connectivity index (χ4n) is 0.833. The number of hydrogen-bond acceptors (Lipinski definition) is 5. The molecule has 1 aromatic carbocycles. The monoisotopic (exact) mass is 249 g/mol. The Morgan fingerprint density at radius 2 is 1.87 bits per heavy atom. The fourth-order valence-corrected chi connectivity index (χ4v) is 1.36. The summed E-state index contributed by atoms with van der Waals surface area (Å²) < 4.78 is 36.3. The number of carbonyl (C=O) groups excluding carboxylic acids is 1. The molecule has 0 aliphatic rings. The Labute approximate surface area is 91.4 Å². The first-order valence-corrected chi connectivity index (χ1v) is 5.70. The molecular formula is C8H6ClO5S-. The molecule has 82 valence electrons. The summed E-state index contributed by atoms with van der Waals surface area (Å²) in [6.07, 6.45) is 0. The van der Waals surface area contributed by atoms with Crippen LogP contribution in [0.3, 0.4) is 0 Å². The highest BCUT2D eigenvalue weighted by Gasteiger charge is 2.04. The highest BCUT2D eigenvalue weighted by atomic mass is 35.5. The lowest BCUT2D eigenvalue weighted by atomic mass is 10.3. The van der Waals surface area contributed by atoms with E-state index >= 15 is 0 Å². The zero-order valence-electron chi connectivity index (χ0n) is 7.34. The van der Waals surface area contributed by atoms with E-state index in [1.54, 1.807) is 0 Å². The van der Waals surface area contributed by atoms with Gasteiger partial charge in [-0.1, -0.05) is 0 Å². The van der Waals surface area contributed by atoms with Crippen LogP contribution in [0.25, 0.3) is 0 Å². The van der Waals surface area contributed by atoms with Crippen LogP contribution in [0, 0.1) is 0 Å². The van der Waals surface area contributed by atoms with Crippen molar-refractivity contribution >= 4 is 27.7 Å². The van der Waals surface area contributed by atoms with Crippen LogP contribution in [0.1, 0.15) is 0 Å². The number of rotatable bonds is 3. The number of carbonyl (C=O) groups is 1. The largest absolute Gasteiger partial charge is 0.744 e. The van der Waals surface area contributed by atoms with Gasteiger partial charge in [0.1, 0.15) is 21.7 Å². The summed E-state index contributed by atoms with van der Waals surface area (Å²) in [7, 11) is -4.47. The smallest absolute Gasteiger partial charge is 0.326 e. The van der Waals surface area contributed by atoms with Crippen molar-refractivity contribution in [2.45, 2.75) is 4.90 Å². The van der Waals surface area contributed by atoms with Crippen molar-refractivity contribution in [2.24, 2.45) is 0 Å². The van der Waals surface area contributed by atoms with Gasteiger partial charge in [-0.25, -0.2) is 8.42 Å². The second-order valence-electron chi connectivity index (χ2n) is 2.53. The molecule has 0 radical (unpaired) electrons. The first kappa shape index (κ1) is 12.0. The van der Waals surface area contributed by atoms with E-state index in [4.69, 9.17) is 11.6 Å². The van der Waals surface area contributed by atoms with Gasteiger partial charge in [0.2, 0.25) is 0 Å². The van der Waals surface area contributed by atoms with E-state index in [0.29, 0.717) is 0 Å². The number of halogens is 1. The molecule has 0 aliphatic carbocycles. The van der Waals surface area contributed by atoms with Crippen LogP contribution in [0.5, 0.6) is 5.75 Å². The molecule has 0 atom stereocenters. The number of hydrogen-bond donors (Lipinski definition) is 0. The van der Waals surface area contributed by atoms with Gasteiger partial charge >= 0.3 is 5.97 Å². The van der Waals surface area contributed by atoms with Gasteiger partial charge in [0.25, 0.3) is 0 Å². The Morgan fingerprint density at radius 1 is 1.33 bits per heavy atom. The first-order chi connectivity index (χ1) is 6.93. The van der Waals surface area contributed by atoms with E-state index in [1.807, 2.05) is 0 Å². The lowest BCUT2D eigenvalue weighted by molar-refractivity contribution is -0.131. The average Bonchev–Trinajstić information content (AvgIpc) is 2.17. The minimum Gasteiger partial charge on any atom is -0.744 e. The summed E-state index contributed by atoms with van der Waals surface area (Å²) in [5.74, 6) is -0.829. The number of ether oxygens (including phenoxy) is 1. The second-order valence-corrected chi connectivity index (χ2v) is 4.18.